The summed E-state index contributed by atoms with van der Waals surface area (Å²) in [4.78, 5) is 29.4. The summed E-state index contributed by atoms with van der Waals surface area (Å²) < 4.78 is 2.96. The number of aryl methyl sites for hydroxylation is 2. The van der Waals surface area contributed by atoms with Crippen molar-refractivity contribution in [3.05, 3.63) is 105 Å². The largest absolute Gasteiger partial charge is 0.342 e. The molecule has 3 amide bonds. The Kier molecular flexibility index (Phi) is 9.44. The summed E-state index contributed by atoms with van der Waals surface area (Å²) in [5, 5.41) is 12.6. The number of piperidine rings is 1. The van der Waals surface area contributed by atoms with Gasteiger partial charge in [0.1, 0.15) is 5.82 Å². The Bertz CT molecular complexity index is 1900. The Labute approximate surface area is 285 Å². The van der Waals surface area contributed by atoms with Crippen molar-refractivity contribution in [3.63, 3.8) is 0 Å². The Hall–Kier alpha value is -4.14. The molecule has 0 bridgehead atoms. The molecule has 6 rings (SSSR count). The Morgan fingerprint density at radius 2 is 1.64 bits per heavy atom. The second-order valence-electron chi connectivity index (χ2n) is 13.7. The molecule has 2 N–H and O–H groups in total. The molecule has 1 aliphatic rings. The molecule has 0 aliphatic carbocycles. The number of rotatable bonds is 7. The lowest BCUT2D eigenvalue weighted by atomic mass is 9.90. The molecule has 7 nitrogen and oxygen atoms in total. The van der Waals surface area contributed by atoms with Crippen molar-refractivity contribution in [2.75, 3.05) is 23.7 Å². The van der Waals surface area contributed by atoms with Crippen LogP contribution in [0.25, 0.3) is 15.8 Å². The highest BCUT2D eigenvalue weighted by Crippen LogP contribution is 2.34. The molecule has 0 atom stereocenters. The third-order valence-electron chi connectivity index (χ3n) is 9.01. The van der Waals surface area contributed by atoms with Crippen LogP contribution in [0.3, 0.4) is 0 Å². The number of nitrogens with zero attached hydrogens (tertiary/aromatic N) is 3. The van der Waals surface area contributed by atoms with E-state index < -0.39 is 0 Å². The maximum absolute atomic E-state index is 13.2. The molecule has 1 saturated heterocycles. The van der Waals surface area contributed by atoms with Crippen LogP contribution in [-0.4, -0.2) is 39.7 Å². The van der Waals surface area contributed by atoms with Crippen molar-refractivity contribution >= 4 is 56.5 Å². The molecule has 244 valence electrons. The number of halogens is 1. The van der Waals surface area contributed by atoms with E-state index in [0.717, 1.165) is 75.8 Å². The van der Waals surface area contributed by atoms with Crippen LogP contribution in [-0.2, 0) is 23.1 Å². The molecule has 5 aromatic rings. The molecule has 1 fully saturated rings. The Balaban J connectivity index is 1.01. The van der Waals surface area contributed by atoms with Crippen LogP contribution in [0.1, 0.15) is 60.9 Å². The fraction of sp³-hybridized carbons (Fsp3) is 0.342. The molecule has 47 heavy (non-hydrogen) atoms. The lowest BCUT2D eigenvalue weighted by Crippen LogP contribution is -2.39. The van der Waals surface area contributed by atoms with Crippen molar-refractivity contribution in [2.24, 2.45) is 5.92 Å². The first-order chi connectivity index (χ1) is 22.4. The van der Waals surface area contributed by atoms with Crippen molar-refractivity contribution < 1.29 is 9.59 Å². The molecule has 1 aliphatic heterocycles. The topological polar surface area (TPSA) is 79.3 Å². The molecular weight excluding hydrogens is 626 g/mol. The number of hydrogen-bond donors (Lipinski definition) is 2. The number of hydrogen-bond acceptors (Lipinski definition) is 4. The monoisotopic (exact) mass is 667 g/mol. The molecule has 3 aromatic carbocycles. The summed E-state index contributed by atoms with van der Waals surface area (Å²) >= 11 is 7.89. The van der Waals surface area contributed by atoms with Gasteiger partial charge in [-0.1, -0.05) is 62.2 Å². The highest BCUT2D eigenvalue weighted by Gasteiger charge is 2.25. The van der Waals surface area contributed by atoms with Crippen molar-refractivity contribution in [3.8, 4) is 5.69 Å². The molecule has 0 radical (unpaired) electrons. The number of anilines is 2. The maximum atomic E-state index is 13.2. The first-order valence-electron chi connectivity index (χ1n) is 16.2. The zero-order chi connectivity index (χ0) is 33.3. The van der Waals surface area contributed by atoms with Crippen molar-refractivity contribution in [1.82, 2.24) is 14.7 Å². The lowest BCUT2D eigenvalue weighted by Gasteiger charge is -2.32. The Morgan fingerprint density at radius 3 is 2.32 bits per heavy atom. The van der Waals surface area contributed by atoms with Crippen LogP contribution in [0.5, 0.6) is 0 Å². The van der Waals surface area contributed by atoms with E-state index in [-0.39, 0.29) is 17.4 Å². The molecule has 3 heterocycles. The first kappa shape index (κ1) is 32.8. The summed E-state index contributed by atoms with van der Waals surface area (Å²) in [5.74, 6) is 1.34. The van der Waals surface area contributed by atoms with Gasteiger partial charge in [0.05, 0.1) is 17.8 Å². The standard InChI is InChI=1S/C38H42ClN5O2S/c1-24-6-13-30(14-7-24)44-35(23-34(42-44)38(3,4)5)41-37(46)40-29-11-8-26(9-12-29)20-27-16-18-43(19-17-27)36(45)22-33-25(2)31-21-28(39)10-15-32(31)47-33/h6-15,21,23,27H,16-20,22H2,1-5H3,(H2,40,41,46). The van der Waals surface area contributed by atoms with Crippen LogP contribution < -0.4 is 10.6 Å². The number of likely N-dealkylation sites (tertiary alicyclic amines) is 1. The zero-order valence-electron chi connectivity index (χ0n) is 27.7. The fourth-order valence-corrected chi connectivity index (χ4v) is 7.46. The summed E-state index contributed by atoms with van der Waals surface area (Å²) in [6.07, 6.45) is 3.37. The van der Waals surface area contributed by atoms with E-state index in [1.54, 1.807) is 16.0 Å². The average Bonchev–Trinajstić information content (AvgIpc) is 3.59. The summed E-state index contributed by atoms with van der Waals surface area (Å²) in [6, 6.07) is 23.7. The molecule has 0 unspecified atom stereocenters. The summed E-state index contributed by atoms with van der Waals surface area (Å²) in [5.41, 5.74) is 5.89. The Morgan fingerprint density at radius 1 is 0.936 bits per heavy atom. The van der Waals surface area contributed by atoms with Gasteiger partial charge < -0.3 is 10.2 Å². The van der Waals surface area contributed by atoms with Gasteiger partial charge in [0.15, 0.2) is 0 Å². The predicted octanol–water partition coefficient (Wildman–Crippen LogP) is 9.32. The predicted molar refractivity (Wildman–Crippen MR) is 194 cm³/mol. The normalized spacial score (nSPS) is 14.0. The number of fused-ring (bicyclic) bond motifs is 1. The van der Waals surface area contributed by atoms with Gasteiger partial charge >= 0.3 is 6.03 Å². The average molecular weight is 668 g/mol. The van der Waals surface area contributed by atoms with Crippen molar-refractivity contribution in [2.45, 2.75) is 65.7 Å². The minimum atomic E-state index is -0.321. The summed E-state index contributed by atoms with van der Waals surface area (Å²) in [6.45, 7) is 12.0. The number of carbonyl (C=O) groups is 2. The van der Waals surface area contributed by atoms with Gasteiger partial charge in [-0.15, -0.1) is 11.3 Å². The minimum absolute atomic E-state index is 0.167. The lowest BCUT2D eigenvalue weighted by molar-refractivity contribution is -0.131. The highest BCUT2D eigenvalue weighted by molar-refractivity contribution is 7.19. The highest BCUT2D eigenvalue weighted by atomic mass is 35.5. The molecular formula is C38H42ClN5O2S. The number of thiophene rings is 1. The van der Waals surface area contributed by atoms with Gasteiger partial charge in [0.25, 0.3) is 0 Å². The first-order valence-corrected chi connectivity index (χ1v) is 17.4. The second-order valence-corrected chi connectivity index (χ2v) is 15.3. The quantitative estimate of drug-likeness (QED) is 0.182. The number of amides is 3. The number of nitrogens with one attached hydrogen (secondary N) is 2. The maximum Gasteiger partial charge on any atom is 0.324 e. The minimum Gasteiger partial charge on any atom is -0.342 e. The van der Waals surface area contributed by atoms with Gasteiger partial charge in [-0.3, -0.25) is 10.1 Å². The van der Waals surface area contributed by atoms with Crippen molar-refractivity contribution in [1.29, 1.82) is 0 Å². The SMILES string of the molecule is Cc1ccc(-n2nc(C(C)(C)C)cc2NC(=O)Nc2ccc(CC3CCN(C(=O)Cc4sc5ccc(Cl)cc5c4C)CC3)cc2)cc1. The number of carbonyl (C=O) groups excluding carboxylic acids is 2. The fourth-order valence-electron chi connectivity index (χ4n) is 6.10. The van der Waals surface area contributed by atoms with E-state index in [2.05, 4.69) is 50.5 Å². The smallest absolute Gasteiger partial charge is 0.324 e. The van der Waals surface area contributed by atoms with Gasteiger partial charge in [-0.05, 0) is 98.0 Å². The van der Waals surface area contributed by atoms with Crippen LogP contribution in [0.4, 0.5) is 16.3 Å². The second kappa shape index (κ2) is 13.5. The molecule has 0 spiro atoms. The van der Waals surface area contributed by atoms with E-state index in [9.17, 15) is 9.59 Å². The van der Waals surface area contributed by atoms with Crippen LogP contribution in [0, 0.1) is 19.8 Å². The van der Waals surface area contributed by atoms with Crippen LogP contribution >= 0.6 is 22.9 Å². The number of aromatic nitrogens is 2. The van der Waals surface area contributed by atoms with E-state index in [1.165, 1.54) is 10.3 Å². The van der Waals surface area contributed by atoms with E-state index in [1.807, 2.05) is 72.5 Å². The van der Waals surface area contributed by atoms with E-state index in [4.69, 9.17) is 16.7 Å². The van der Waals surface area contributed by atoms with E-state index in [0.29, 0.717) is 18.2 Å². The van der Waals surface area contributed by atoms with Gasteiger partial charge in [-0.2, -0.15) is 5.10 Å². The zero-order valence-corrected chi connectivity index (χ0v) is 29.3. The number of urea groups is 1. The third-order valence-corrected chi connectivity index (χ3v) is 10.5. The van der Waals surface area contributed by atoms with Gasteiger partial charge in [-0.25, -0.2) is 9.48 Å². The van der Waals surface area contributed by atoms with E-state index >= 15 is 0 Å². The molecule has 2 aromatic heterocycles. The molecule has 9 heteroatoms. The van der Waals surface area contributed by atoms with Gasteiger partial charge in [0.2, 0.25) is 5.91 Å². The number of benzene rings is 3. The van der Waals surface area contributed by atoms with Gasteiger partial charge in [0, 0.05) is 44.9 Å². The third kappa shape index (κ3) is 7.71. The molecule has 0 saturated carbocycles. The summed E-state index contributed by atoms with van der Waals surface area (Å²) in [7, 11) is 0. The van der Waals surface area contributed by atoms with Crippen LogP contribution in [0.15, 0.2) is 72.8 Å². The van der Waals surface area contributed by atoms with Crippen LogP contribution in [0.2, 0.25) is 5.02 Å².